The van der Waals surface area contributed by atoms with Gasteiger partial charge >= 0.3 is 0 Å². The highest BCUT2D eigenvalue weighted by Crippen LogP contribution is 2.15. The second-order valence-corrected chi connectivity index (χ2v) is 5.42. The first kappa shape index (κ1) is 16.6. The molecule has 4 nitrogen and oxygen atoms in total. The van der Waals surface area contributed by atoms with Crippen molar-refractivity contribution in [2.75, 3.05) is 11.9 Å². The summed E-state index contributed by atoms with van der Waals surface area (Å²) in [4.78, 5) is 24.0. The van der Waals surface area contributed by atoms with Crippen LogP contribution in [-0.2, 0) is 4.79 Å². The maximum absolute atomic E-state index is 13.1. The summed E-state index contributed by atoms with van der Waals surface area (Å²) < 4.78 is 25.9. The fourth-order valence-electron chi connectivity index (χ4n) is 2.37. The zero-order chi connectivity index (χ0) is 17.8. The number of carbonyl (C=O) groups is 2. The number of benzene rings is 3. The van der Waals surface area contributed by atoms with Crippen LogP contribution in [0.4, 0.5) is 14.5 Å². The molecule has 25 heavy (non-hydrogen) atoms. The van der Waals surface area contributed by atoms with Gasteiger partial charge in [0, 0.05) is 17.3 Å². The zero-order valence-corrected chi connectivity index (χ0v) is 13.1. The Kier molecular flexibility index (Phi) is 4.70. The second kappa shape index (κ2) is 7.09. The Morgan fingerprint density at radius 3 is 2.36 bits per heavy atom. The van der Waals surface area contributed by atoms with E-state index >= 15 is 0 Å². The molecule has 3 aromatic rings. The topological polar surface area (TPSA) is 58.2 Å². The van der Waals surface area contributed by atoms with Crippen LogP contribution in [0.2, 0.25) is 0 Å². The van der Waals surface area contributed by atoms with Crippen LogP contribution in [-0.4, -0.2) is 18.4 Å². The monoisotopic (exact) mass is 340 g/mol. The highest BCUT2D eigenvalue weighted by Gasteiger charge is 2.10. The second-order valence-electron chi connectivity index (χ2n) is 5.42. The number of rotatable bonds is 4. The predicted octanol–water partition coefficient (Wildman–Crippen LogP) is 3.49. The Labute approximate surface area is 142 Å². The van der Waals surface area contributed by atoms with Crippen molar-refractivity contribution < 1.29 is 18.4 Å². The van der Waals surface area contributed by atoms with Gasteiger partial charge in [-0.3, -0.25) is 9.59 Å². The average Bonchev–Trinajstić information content (AvgIpc) is 2.62. The van der Waals surface area contributed by atoms with Gasteiger partial charge in [-0.25, -0.2) is 8.78 Å². The van der Waals surface area contributed by atoms with Crippen molar-refractivity contribution in [1.82, 2.24) is 5.32 Å². The highest BCUT2D eigenvalue weighted by molar-refractivity contribution is 6.01. The number of nitrogens with one attached hydrogen (secondary N) is 2. The van der Waals surface area contributed by atoms with Crippen LogP contribution in [0.5, 0.6) is 0 Å². The molecule has 3 aromatic carbocycles. The van der Waals surface area contributed by atoms with Crippen LogP contribution >= 0.6 is 0 Å². The molecule has 0 fully saturated rings. The minimum absolute atomic E-state index is 0.115. The smallest absolute Gasteiger partial charge is 0.251 e. The molecule has 126 valence electrons. The van der Waals surface area contributed by atoms with Crippen molar-refractivity contribution in [3.8, 4) is 0 Å². The van der Waals surface area contributed by atoms with E-state index in [0.29, 0.717) is 5.56 Å². The molecule has 0 aromatic heterocycles. The Morgan fingerprint density at radius 1 is 0.840 bits per heavy atom. The van der Waals surface area contributed by atoms with Crippen LogP contribution in [0, 0.1) is 11.6 Å². The Bertz CT molecular complexity index is 957. The zero-order valence-electron chi connectivity index (χ0n) is 13.1. The van der Waals surface area contributed by atoms with Gasteiger partial charge in [0.2, 0.25) is 5.91 Å². The first-order valence-corrected chi connectivity index (χ1v) is 7.55. The van der Waals surface area contributed by atoms with Gasteiger partial charge < -0.3 is 10.6 Å². The molecule has 0 aliphatic rings. The van der Waals surface area contributed by atoms with Gasteiger partial charge in [0.25, 0.3) is 5.91 Å². The molecule has 0 heterocycles. The number of carbonyl (C=O) groups excluding carboxylic acids is 2. The Hall–Kier alpha value is -3.28. The molecule has 6 heteroatoms. The molecule has 0 aliphatic heterocycles. The maximum atomic E-state index is 13.1. The molecule has 0 radical (unpaired) electrons. The third kappa shape index (κ3) is 3.98. The van der Waals surface area contributed by atoms with Crippen molar-refractivity contribution in [2.24, 2.45) is 0 Å². The van der Waals surface area contributed by atoms with E-state index in [2.05, 4.69) is 10.6 Å². The molecule has 0 atom stereocenters. The molecule has 2 N–H and O–H groups in total. The number of hydrogen-bond acceptors (Lipinski definition) is 2. The van der Waals surface area contributed by atoms with Crippen molar-refractivity contribution in [1.29, 1.82) is 0 Å². The van der Waals surface area contributed by atoms with Gasteiger partial charge in [0.05, 0.1) is 6.54 Å². The average molecular weight is 340 g/mol. The predicted molar refractivity (Wildman–Crippen MR) is 91.3 cm³/mol. The first-order valence-electron chi connectivity index (χ1n) is 7.55. The third-order valence-electron chi connectivity index (χ3n) is 3.62. The summed E-state index contributed by atoms with van der Waals surface area (Å²) in [5, 5.41) is 6.80. The van der Waals surface area contributed by atoms with Crippen LogP contribution in [0.25, 0.3) is 10.8 Å². The van der Waals surface area contributed by atoms with Gasteiger partial charge in [0.15, 0.2) is 11.6 Å². The summed E-state index contributed by atoms with van der Waals surface area (Å²) in [5.41, 5.74) is 0.545. The molecule has 3 rings (SSSR count). The highest BCUT2D eigenvalue weighted by atomic mass is 19.2. The summed E-state index contributed by atoms with van der Waals surface area (Å²) >= 11 is 0. The van der Waals surface area contributed by atoms with E-state index in [1.807, 2.05) is 30.3 Å². The summed E-state index contributed by atoms with van der Waals surface area (Å²) in [6, 6.07) is 15.9. The number of amides is 2. The third-order valence-corrected chi connectivity index (χ3v) is 3.62. The van der Waals surface area contributed by atoms with E-state index < -0.39 is 23.4 Å². The fraction of sp³-hybridized carbons (Fsp3) is 0.0526. The summed E-state index contributed by atoms with van der Waals surface area (Å²) in [7, 11) is 0. The van der Waals surface area contributed by atoms with Crippen molar-refractivity contribution in [3.63, 3.8) is 0 Å². The number of halogens is 2. The van der Waals surface area contributed by atoms with E-state index in [9.17, 15) is 18.4 Å². The number of hydrogen-bond donors (Lipinski definition) is 2. The Morgan fingerprint density at radius 2 is 1.60 bits per heavy atom. The molecule has 0 unspecified atom stereocenters. The van der Waals surface area contributed by atoms with E-state index in [1.54, 1.807) is 12.1 Å². The fourth-order valence-corrected chi connectivity index (χ4v) is 2.37. The minimum Gasteiger partial charge on any atom is -0.343 e. The van der Waals surface area contributed by atoms with Crippen LogP contribution in [0.3, 0.4) is 0 Å². The summed E-state index contributed by atoms with van der Waals surface area (Å²) in [6.07, 6.45) is 0. The van der Waals surface area contributed by atoms with E-state index in [4.69, 9.17) is 0 Å². The van der Waals surface area contributed by atoms with E-state index in [1.165, 1.54) is 6.07 Å². The van der Waals surface area contributed by atoms with E-state index in [0.717, 1.165) is 22.9 Å². The van der Waals surface area contributed by atoms with Crippen LogP contribution in [0.1, 0.15) is 10.4 Å². The molecule has 0 bridgehead atoms. The summed E-state index contributed by atoms with van der Waals surface area (Å²) in [6.45, 7) is -0.287. The van der Waals surface area contributed by atoms with Crippen molar-refractivity contribution in [3.05, 3.63) is 77.9 Å². The van der Waals surface area contributed by atoms with Gasteiger partial charge in [-0.1, -0.05) is 30.3 Å². The van der Waals surface area contributed by atoms with Gasteiger partial charge in [-0.2, -0.15) is 0 Å². The Balaban J connectivity index is 1.60. The quantitative estimate of drug-likeness (QED) is 0.764. The lowest BCUT2D eigenvalue weighted by molar-refractivity contribution is -0.115. The molecule has 2 amide bonds. The molecule has 0 saturated heterocycles. The van der Waals surface area contributed by atoms with Crippen molar-refractivity contribution in [2.45, 2.75) is 0 Å². The standard InChI is InChI=1S/C19H14F2N2O2/c20-16-8-7-15(10-17(16)21)23-18(24)11-22-19(25)14-6-5-12-3-1-2-4-13(12)9-14/h1-10H,11H2,(H,22,25)(H,23,24). The van der Waals surface area contributed by atoms with Crippen LogP contribution < -0.4 is 10.6 Å². The number of fused-ring (bicyclic) bond motifs is 1. The lowest BCUT2D eigenvalue weighted by atomic mass is 10.1. The molecule has 0 saturated carbocycles. The summed E-state index contributed by atoms with van der Waals surface area (Å²) in [5.74, 6) is -2.99. The first-order chi connectivity index (χ1) is 12.0. The van der Waals surface area contributed by atoms with Gasteiger partial charge in [-0.05, 0) is 35.0 Å². The lowest BCUT2D eigenvalue weighted by Crippen LogP contribution is -2.32. The number of anilines is 1. The maximum Gasteiger partial charge on any atom is 0.251 e. The molecular formula is C19H14F2N2O2. The SMILES string of the molecule is O=C(CNC(=O)c1ccc2ccccc2c1)Nc1ccc(F)c(F)c1. The van der Waals surface area contributed by atoms with Gasteiger partial charge in [-0.15, -0.1) is 0 Å². The van der Waals surface area contributed by atoms with Crippen LogP contribution in [0.15, 0.2) is 60.7 Å². The molecule has 0 spiro atoms. The largest absolute Gasteiger partial charge is 0.343 e. The van der Waals surface area contributed by atoms with Gasteiger partial charge in [0.1, 0.15) is 0 Å². The lowest BCUT2D eigenvalue weighted by Gasteiger charge is -2.08. The van der Waals surface area contributed by atoms with Crippen molar-refractivity contribution >= 4 is 28.3 Å². The molecule has 0 aliphatic carbocycles. The normalized spacial score (nSPS) is 10.5. The van der Waals surface area contributed by atoms with E-state index in [-0.39, 0.29) is 12.2 Å². The minimum atomic E-state index is -1.06. The molecular weight excluding hydrogens is 326 g/mol.